The van der Waals surface area contributed by atoms with Crippen LogP contribution in [0.5, 0.6) is 5.75 Å². The summed E-state index contributed by atoms with van der Waals surface area (Å²) in [4.78, 5) is 4.34. The quantitative estimate of drug-likeness (QED) is 0.663. The van der Waals surface area contributed by atoms with Crippen LogP contribution in [0, 0.1) is 3.57 Å². The number of para-hydroxylation sites is 1. The molecule has 16 heavy (non-hydrogen) atoms. The molecule has 0 aliphatic rings. The van der Waals surface area contributed by atoms with E-state index in [4.69, 9.17) is 0 Å². The third-order valence-corrected chi connectivity index (χ3v) is 2.95. The first-order chi connectivity index (χ1) is 7.75. The molecule has 0 heterocycles. The molecule has 3 heteroatoms. The molecule has 80 valence electrons. The normalized spacial score (nSPS) is 10.8. The molecule has 0 aliphatic carbocycles. The van der Waals surface area contributed by atoms with E-state index in [-0.39, 0.29) is 0 Å². The molecule has 2 nitrogen and oxygen atoms in total. The summed E-state index contributed by atoms with van der Waals surface area (Å²) in [5.41, 5.74) is 1.90. The Hall–Kier alpha value is -1.36. The van der Waals surface area contributed by atoms with Crippen molar-refractivity contribution in [1.82, 2.24) is 0 Å². The van der Waals surface area contributed by atoms with E-state index < -0.39 is 0 Å². The molecule has 0 saturated carbocycles. The molecule has 1 N–H and O–H groups in total. The third kappa shape index (κ3) is 2.82. The molecule has 0 spiro atoms. The number of aromatic hydroxyl groups is 1. The van der Waals surface area contributed by atoms with Gasteiger partial charge in [0, 0.05) is 6.21 Å². The summed E-state index contributed by atoms with van der Waals surface area (Å²) in [5.74, 6) is 0.303. The van der Waals surface area contributed by atoms with Crippen molar-refractivity contribution >= 4 is 34.5 Å². The van der Waals surface area contributed by atoms with E-state index in [1.807, 2.05) is 42.5 Å². The number of hydrogen-bond donors (Lipinski definition) is 1. The number of aliphatic imine (C=N–C) groups is 1. The van der Waals surface area contributed by atoms with Crippen LogP contribution in [0.2, 0.25) is 0 Å². The molecule has 0 radical (unpaired) electrons. The van der Waals surface area contributed by atoms with E-state index >= 15 is 0 Å². The third-order valence-electron chi connectivity index (χ3n) is 2.09. The smallest absolute Gasteiger partial charge is 0.128 e. The van der Waals surface area contributed by atoms with Crippen molar-refractivity contribution in [3.8, 4) is 5.75 Å². The lowest BCUT2D eigenvalue weighted by Crippen LogP contribution is -1.82. The molecule has 0 fully saturated rings. The van der Waals surface area contributed by atoms with Gasteiger partial charge in [0.25, 0.3) is 0 Å². The maximum absolute atomic E-state index is 9.38. The van der Waals surface area contributed by atoms with Crippen LogP contribution in [-0.2, 0) is 0 Å². The van der Waals surface area contributed by atoms with Crippen LogP contribution >= 0.6 is 22.6 Å². The molecule has 0 aliphatic heterocycles. The summed E-state index contributed by atoms with van der Waals surface area (Å²) >= 11 is 2.09. The first kappa shape index (κ1) is 11.1. The van der Waals surface area contributed by atoms with Gasteiger partial charge in [-0.2, -0.15) is 0 Å². The Morgan fingerprint density at radius 1 is 1.06 bits per heavy atom. The van der Waals surface area contributed by atoms with Crippen LogP contribution in [0.1, 0.15) is 5.56 Å². The molecule has 0 saturated heterocycles. The van der Waals surface area contributed by atoms with Crippen molar-refractivity contribution in [3.05, 3.63) is 57.7 Å². The first-order valence-corrected chi connectivity index (χ1v) is 5.91. The lowest BCUT2D eigenvalue weighted by Gasteiger charge is -1.98. The average molecular weight is 323 g/mol. The van der Waals surface area contributed by atoms with Gasteiger partial charge in [0.1, 0.15) is 5.75 Å². The zero-order valence-electron chi connectivity index (χ0n) is 8.47. The first-order valence-electron chi connectivity index (χ1n) is 4.83. The SMILES string of the molecule is Oc1ccc(C=Nc2ccccc2)cc1I. The van der Waals surface area contributed by atoms with Gasteiger partial charge in [0.05, 0.1) is 9.26 Å². The highest BCUT2D eigenvalue weighted by Crippen LogP contribution is 2.19. The van der Waals surface area contributed by atoms with Crippen molar-refractivity contribution in [2.24, 2.45) is 4.99 Å². The summed E-state index contributed by atoms with van der Waals surface area (Å²) in [7, 11) is 0. The van der Waals surface area contributed by atoms with Crippen LogP contribution < -0.4 is 0 Å². The highest BCUT2D eigenvalue weighted by atomic mass is 127. The van der Waals surface area contributed by atoms with Gasteiger partial charge in [-0.05, 0) is 58.5 Å². The van der Waals surface area contributed by atoms with Gasteiger partial charge in [-0.1, -0.05) is 18.2 Å². The summed E-state index contributed by atoms with van der Waals surface area (Å²) < 4.78 is 0.828. The minimum Gasteiger partial charge on any atom is -0.507 e. The van der Waals surface area contributed by atoms with Gasteiger partial charge in [-0.3, -0.25) is 4.99 Å². The number of benzene rings is 2. The largest absolute Gasteiger partial charge is 0.507 e. The Kier molecular flexibility index (Phi) is 3.56. The van der Waals surface area contributed by atoms with Crippen molar-refractivity contribution in [2.75, 3.05) is 0 Å². The predicted octanol–water partition coefficient (Wildman–Crippen LogP) is 3.75. The van der Waals surface area contributed by atoms with E-state index in [9.17, 15) is 5.11 Å². The average Bonchev–Trinajstić information content (AvgIpc) is 2.32. The molecular weight excluding hydrogens is 313 g/mol. The summed E-state index contributed by atoms with van der Waals surface area (Å²) in [6.45, 7) is 0. The highest BCUT2D eigenvalue weighted by Gasteiger charge is 1.96. The second-order valence-corrected chi connectivity index (χ2v) is 4.47. The fourth-order valence-electron chi connectivity index (χ4n) is 1.27. The Labute approximate surface area is 108 Å². The van der Waals surface area contributed by atoms with E-state index in [0.717, 1.165) is 14.8 Å². The number of phenolic OH excluding ortho intramolecular Hbond substituents is 1. The molecule has 0 bridgehead atoms. The van der Waals surface area contributed by atoms with Crippen LogP contribution in [0.15, 0.2) is 53.5 Å². The predicted molar refractivity (Wildman–Crippen MR) is 74.5 cm³/mol. The second kappa shape index (κ2) is 5.12. The molecule has 2 rings (SSSR count). The number of halogens is 1. The van der Waals surface area contributed by atoms with Crippen LogP contribution in [0.4, 0.5) is 5.69 Å². The van der Waals surface area contributed by atoms with Crippen LogP contribution in [-0.4, -0.2) is 11.3 Å². The van der Waals surface area contributed by atoms with Gasteiger partial charge in [-0.15, -0.1) is 0 Å². The number of phenols is 1. The van der Waals surface area contributed by atoms with Gasteiger partial charge in [0.2, 0.25) is 0 Å². The minimum absolute atomic E-state index is 0.303. The number of rotatable bonds is 2. The van der Waals surface area contributed by atoms with Crippen molar-refractivity contribution in [2.45, 2.75) is 0 Å². The zero-order chi connectivity index (χ0) is 11.4. The topological polar surface area (TPSA) is 32.6 Å². The zero-order valence-corrected chi connectivity index (χ0v) is 10.6. The molecule has 2 aromatic carbocycles. The second-order valence-electron chi connectivity index (χ2n) is 3.30. The van der Waals surface area contributed by atoms with Crippen molar-refractivity contribution in [3.63, 3.8) is 0 Å². The Morgan fingerprint density at radius 2 is 1.81 bits per heavy atom. The lowest BCUT2D eigenvalue weighted by molar-refractivity contribution is 0.471. The molecule has 2 aromatic rings. The van der Waals surface area contributed by atoms with Crippen LogP contribution in [0.25, 0.3) is 0 Å². The Morgan fingerprint density at radius 3 is 2.50 bits per heavy atom. The minimum atomic E-state index is 0.303. The lowest BCUT2D eigenvalue weighted by atomic mass is 10.2. The number of nitrogens with zero attached hydrogens (tertiary/aromatic N) is 1. The van der Waals surface area contributed by atoms with E-state index in [0.29, 0.717) is 5.75 Å². The Bertz CT molecular complexity index is 509. The molecule has 0 unspecified atom stereocenters. The van der Waals surface area contributed by atoms with Gasteiger partial charge in [-0.25, -0.2) is 0 Å². The molecule has 0 aromatic heterocycles. The number of hydrogen-bond acceptors (Lipinski definition) is 2. The maximum atomic E-state index is 9.38. The van der Waals surface area contributed by atoms with E-state index in [1.54, 1.807) is 12.3 Å². The standard InChI is InChI=1S/C13H10INO/c14-12-8-10(6-7-13(12)16)9-15-11-4-2-1-3-5-11/h1-9,16H. The van der Waals surface area contributed by atoms with Gasteiger partial charge >= 0.3 is 0 Å². The maximum Gasteiger partial charge on any atom is 0.128 e. The monoisotopic (exact) mass is 323 g/mol. The van der Waals surface area contributed by atoms with Crippen molar-refractivity contribution < 1.29 is 5.11 Å². The summed E-state index contributed by atoms with van der Waals surface area (Å²) in [6, 6.07) is 15.2. The van der Waals surface area contributed by atoms with E-state index in [1.165, 1.54) is 0 Å². The molecular formula is C13H10INO. The fourth-order valence-corrected chi connectivity index (χ4v) is 1.81. The van der Waals surface area contributed by atoms with Gasteiger partial charge in [0.15, 0.2) is 0 Å². The van der Waals surface area contributed by atoms with Crippen molar-refractivity contribution in [1.29, 1.82) is 0 Å². The summed E-state index contributed by atoms with van der Waals surface area (Å²) in [5, 5.41) is 9.38. The Balaban J connectivity index is 2.21. The van der Waals surface area contributed by atoms with Gasteiger partial charge < -0.3 is 5.11 Å². The van der Waals surface area contributed by atoms with E-state index in [2.05, 4.69) is 27.6 Å². The fraction of sp³-hybridized carbons (Fsp3) is 0. The molecule has 0 amide bonds. The summed E-state index contributed by atoms with van der Waals surface area (Å²) in [6.07, 6.45) is 1.79. The highest BCUT2D eigenvalue weighted by molar-refractivity contribution is 14.1. The molecule has 0 atom stereocenters. The van der Waals surface area contributed by atoms with Crippen LogP contribution in [0.3, 0.4) is 0 Å².